The lowest BCUT2D eigenvalue weighted by molar-refractivity contribution is 1.43. The highest BCUT2D eigenvalue weighted by Crippen LogP contribution is 2.21. The standard InChI is InChI=1S/C11H8N2.H4Si/c1-2-8-3-4-10-9(5-7-12-10)11(8)13-6-1;/h1-7,13H;1H4. The Labute approximate surface area is 86.0 Å². The van der Waals surface area contributed by atoms with Crippen molar-refractivity contribution >= 4 is 32.8 Å². The zero-order valence-corrected chi connectivity index (χ0v) is 6.99. The quantitative estimate of drug-likeness (QED) is 0.544. The zero-order valence-electron chi connectivity index (χ0n) is 6.99. The van der Waals surface area contributed by atoms with Crippen LogP contribution in [-0.2, 0) is 0 Å². The van der Waals surface area contributed by atoms with E-state index in [0.717, 1.165) is 11.0 Å². The molecular formula is C11H12N2Si. The van der Waals surface area contributed by atoms with Crippen molar-refractivity contribution in [3.05, 3.63) is 42.7 Å². The topological polar surface area (TPSA) is 28.7 Å². The van der Waals surface area contributed by atoms with Crippen molar-refractivity contribution in [2.24, 2.45) is 0 Å². The Bertz CT molecular complexity index is 571. The van der Waals surface area contributed by atoms with Crippen molar-refractivity contribution in [3.63, 3.8) is 0 Å². The molecule has 3 aromatic rings. The zero-order chi connectivity index (χ0) is 8.67. The molecule has 0 aliphatic heterocycles. The van der Waals surface area contributed by atoms with Gasteiger partial charge in [-0.05, 0) is 34.6 Å². The third-order valence-corrected chi connectivity index (χ3v) is 2.31. The van der Waals surface area contributed by atoms with Crippen LogP contribution in [0.1, 0.15) is 0 Å². The van der Waals surface area contributed by atoms with Gasteiger partial charge in [0.1, 0.15) is 0 Å². The molecule has 0 aliphatic rings. The second-order valence-electron chi connectivity index (χ2n) is 3.08. The molecule has 0 radical (unpaired) electrons. The Hall–Kier alpha value is -1.61. The van der Waals surface area contributed by atoms with Crippen LogP contribution in [0.4, 0.5) is 0 Å². The summed E-state index contributed by atoms with van der Waals surface area (Å²) < 4.78 is 0. The molecule has 2 nitrogen and oxygen atoms in total. The van der Waals surface area contributed by atoms with Gasteiger partial charge in [0.25, 0.3) is 0 Å². The highest BCUT2D eigenvalue weighted by molar-refractivity contribution is 6.03. The number of benzene rings is 1. The molecule has 0 saturated carbocycles. The van der Waals surface area contributed by atoms with E-state index in [-0.39, 0.29) is 11.0 Å². The lowest BCUT2D eigenvalue weighted by atomic mass is 10.1. The van der Waals surface area contributed by atoms with Crippen LogP contribution in [0.5, 0.6) is 0 Å². The third-order valence-electron chi connectivity index (χ3n) is 2.31. The SMILES string of the molecule is [SiH4].c1c[nH]c2c(c1)ccc1nccc12. The summed E-state index contributed by atoms with van der Waals surface area (Å²) in [6.45, 7) is 0. The number of fused-ring (bicyclic) bond motifs is 3. The molecule has 0 amide bonds. The summed E-state index contributed by atoms with van der Waals surface area (Å²) >= 11 is 0. The van der Waals surface area contributed by atoms with Gasteiger partial charge in [0.2, 0.25) is 0 Å². The average Bonchev–Trinajstić information content (AvgIpc) is 2.65. The van der Waals surface area contributed by atoms with Crippen LogP contribution in [0.25, 0.3) is 21.8 Å². The number of nitrogens with zero attached hydrogens (tertiary/aromatic N) is 1. The highest BCUT2D eigenvalue weighted by atomic mass is 28.1. The van der Waals surface area contributed by atoms with E-state index < -0.39 is 0 Å². The van der Waals surface area contributed by atoms with Gasteiger partial charge in [0.15, 0.2) is 0 Å². The summed E-state index contributed by atoms with van der Waals surface area (Å²) in [7, 11) is 0. The van der Waals surface area contributed by atoms with E-state index in [1.807, 2.05) is 30.6 Å². The van der Waals surface area contributed by atoms with Crippen molar-refractivity contribution in [2.75, 3.05) is 0 Å². The van der Waals surface area contributed by atoms with Crippen LogP contribution < -0.4 is 0 Å². The molecule has 2 aromatic heterocycles. The van der Waals surface area contributed by atoms with Gasteiger partial charge < -0.3 is 4.98 Å². The van der Waals surface area contributed by atoms with Crippen molar-refractivity contribution in [1.29, 1.82) is 0 Å². The first kappa shape index (κ1) is 8.96. The number of rotatable bonds is 0. The van der Waals surface area contributed by atoms with Gasteiger partial charge in [-0.1, -0.05) is 12.1 Å². The van der Waals surface area contributed by atoms with Gasteiger partial charge in [-0.15, -0.1) is 0 Å². The van der Waals surface area contributed by atoms with E-state index in [0.29, 0.717) is 0 Å². The number of nitrogens with one attached hydrogen (secondary N) is 1. The predicted molar refractivity (Wildman–Crippen MR) is 64.9 cm³/mol. The number of pyridine rings is 1. The second kappa shape index (κ2) is 3.27. The first-order chi connectivity index (χ1) is 6.45. The third kappa shape index (κ3) is 1.14. The molecule has 0 atom stereocenters. The minimum atomic E-state index is 0. The Balaban J connectivity index is 0.000000750. The number of hydrogen-bond donors (Lipinski definition) is 1. The summed E-state index contributed by atoms with van der Waals surface area (Å²) in [5, 5.41) is 2.42. The minimum Gasteiger partial charge on any atom is -0.361 e. The van der Waals surface area contributed by atoms with Crippen LogP contribution in [0.2, 0.25) is 0 Å². The largest absolute Gasteiger partial charge is 0.361 e. The van der Waals surface area contributed by atoms with E-state index in [4.69, 9.17) is 0 Å². The van der Waals surface area contributed by atoms with E-state index in [9.17, 15) is 0 Å². The molecule has 0 bridgehead atoms. The van der Waals surface area contributed by atoms with Crippen molar-refractivity contribution in [1.82, 2.24) is 9.97 Å². The van der Waals surface area contributed by atoms with Crippen LogP contribution >= 0.6 is 0 Å². The van der Waals surface area contributed by atoms with Gasteiger partial charge in [-0.25, -0.2) is 0 Å². The summed E-state index contributed by atoms with van der Waals surface area (Å²) in [4.78, 5) is 7.49. The molecular weight excluding hydrogens is 188 g/mol. The fourth-order valence-corrected chi connectivity index (χ4v) is 1.68. The molecule has 0 unspecified atom stereocenters. The summed E-state index contributed by atoms with van der Waals surface area (Å²) in [5.41, 5.74) is 2.22. The maximum absolute atomic E-state index is 4.25. The first-order valence-corrected chi connectivity index (χ1v) is 4.26. The fraction of sp³-hybridized carbons (Fsp3) is 0. The molecule has 0 saturated heterocycles. The van der Waals surface area contributed by atoms with Crippen LogP contribution in [-0.4, -0.2) is 20.9 Å². The van der Waals surface area contributed by atoms with Crippen molar-refractivity contribution in [2.45, 2.75) is 0 Å². The Morgan fingerprint density at radius 2 is 2.00 bits per heavy atom. The van der Waals surface area contributed by atoms with Gasteiger partial charge in [0.05, 0.1) is 11.0 Å². The molecule has 14 heavy (non-hydrogen) atoms. The predicted octanol–water partition coefficient (Wildman–Crippen LogP) is 1.26. The fourth-order valence-electron chi connectivity index (χ4n) is 1.68. The molecule has 3 heteroatoms. The number of hydrogen-bond acceptors (Lipinski definition) is 1. The number of H-pyrrole nitrogens is 1. The first-order valence-electron chi connectivity index (χ1n) is 4.26. The van der Waals surface area contributed by atoms with Crippen LogP contribution in [0.15, 0.2) is 42.7 Å². The van der Waals surface area contributed by atoms with E-state index in [1.165, 1.54) is 10.8 Å². The smallest absolute Gasteiger partial charge is 0.0723 e. The lowest BCUT2D eigenvalue weighted by Gasteiger charge is -1.97. The minimum absolute atomic E-state index is 0. The molecule has 2 heterocycles. The second-order valence-corrected chi connectivity index (χ2v) is 3.08. The van der Waals surface area contributed by atoms with Gasteiger partial charge >= 0.3 is 0 Å². The van der Waals surface area contributed by atoms with E-state index >= 15 is 0 Å². The summed E-state index contributed by atoms with van der Waals surface area (Å²) in [6, 6.07) is 10.3. The summed E-state index contributed by atoms with van der Waals surface area (Å²) in [6.07, 6.45) is 3.78. The molecule has 0 aliphatic carbocycles. The van der Waals surface area contributed by atoms with Crippen LogP contribution in [0.3, 0.4) is 0 Å². The van der Waals surface area contributed by atoms with E-state index in [1.54, 1.807) is 0 Å². The number of aromatic nitrogens is 2. The molecule has 3 rings (SSSR count). The normalized spacial score (nSPS) is 10.3. The molecule has 1 aromatic carbocycles. The highest BCUT2D eigenvalue weighted by Gasteiger charge is 1.99. The maximum Gasteiger partial charge on any atom is 0.0723 e. The average molecular weight is 200 g/mol. The Kier molecular flexibility index (Phi) is 2.09. The number of aromatic amines is 1. The Morgan fingerprint density at radius 1 is 1.07 bits per heavy atom. The van der Waals surface area contributed by atoms with Crippen LogP contribution in [0, 0.1) is 0 Å². The van der Waals surface area contributed by atoms with Crippen molar-refractivity contribution < 1.29 is 0 Å². The molecule has 1 N–H and O–H groups in total. The molecule has 0 spiro atoms. The monoisotopic (exact) mass is 200 g/mol. The maximum atomic E-state index is 4.25. The van der Waals surface area contributed by atoms with Gasteiger partial charge in [-0.2, -0.15) is 0 Å². The van der Waals surface area contributed by atoms with Gasteiger partial charge in [-0.3, -0.25) is 4.98 Å². The summed E-state index contributed by atoms with van der Waals surface area (Å²) in [5.74, 6) is 0. The Morgan fingerprint density at radius 3 is 2.93 bits per heavy atom. The van der Waals surface area contributed by atoms with Crippen molar-refractivity contribution in [3.8, 4) is 0 Å². The lowest BCUT2D eigenvalue weighted by Crippen LogP contribution is -1.77. The molecule has 70 valence electrons. The molecule has 0 fully saturated rings. The van der Waals surface area contributed by atoms with Gasteiger partial charge in [0, 0.05) is 17.8 Å². The van der Waals surface area contributed by atoms with E-state index in [2.05, 4.69) is 22.1 Å².